The summed E-state index contributed by atoms with van der Waals surface area (Å²) >= 11 is 0. The number of methoxy groups -OCH3 is 1. The van der Waals surface area contributed by atoms with Gasteiger partial charge in [0.1, 0.15) is 0 Å². The Labute approximate surface area is 175 Å². The Bertz CT molecular complexity index is 702. The first kappa shape index (κ1) is 20.8. The van der Waals surface area contributed by atoms with E-state index in [1.807, 2.05) is 18.2 Å². The number of nitrogens with zero attached hydrogens (tertiary/aromatic N) is 3. The van der Waals surface area contributed by atoms with Gasteiger partial charge in [0.15, 0.2) is 0 Å². The Morgan fingerprint density at radius 3 is 2.59 bits per heavy atom. The van der Waals surface area contributed by atoms with E-state index >= 15 is 0 Å². The Hall–Kier alpha value is -1.45. The number of rotatable bonds is 7. The Morgan fingerprint density at radius 1 is 1.10 bits per heavy atom. The molecule has 1 unspecified atom stereocenters. The molecule has 0 aromatic heterocycles. The molecule has 3 aliphatic rings. The molecule has 1 aromatic carbocycles. The van der Waals surface area contributed by atoms with Gasteiger partial charge >= 0.3 is 0 Å². The van der Waals surface area contributed by atoms with Crippen LogP contribution in [0, 0.1) is 11.3 Å². The summed E-state index contributed by atoms with van der Waals surface area (Å²) in [5, 5.41) is 9.35. The van der Waals surface area contributed by atoms with Gasteiger partial charge in [-0.05, 0) is 50.4 Å². The van der Waals surface area contributed by atoms with Gasteiger partial charge in [0.25, 0.3) is 0 Å². The highest BCUT2D eigenvalue weighted by atomic mass is 16.5. The molecule has 158 valence electrons. The van der Waals surface area contributed by atoms with E-state index in [2.05, 4.69) is 21.9 Å². The number of hydrogen-bond acceptors (Lipinski definition) is 5. The third-order valence-electron chi connectivity index (χ3n) is 7.39. The zero-order chi connectivity index (χ0) is 20.1. The molecule has 1 atom stereocenters. The van der Waals surface area contributed by atoms with E-state index in [0.717, 1.165) is 37.3 Å². The van der Waals surface area contributed by atoms with Crippen LogP contribution in [0.4, 0.5) is 0 Å². The maximum absolute atomic E-state index is 9.35. The second-order valence-corrected chi connectivity index (χ2v) is 8.95. The molecule has 1 saturated carbocycles. The summed E-state index contributed by atoms with van der Waals surface area (Å²) in [6, 6.07) is 11.0. The number of ether oxygens (including phenoxy) is 2. The second kappa shape index (κ2) is 9.57. The first-order valence-electron chi connectivity index (χ1n) is 11.3. The second-order valence-electron chi connectivity index (χ2n) is 8.95. The van der Waals surface area contributed by atoms with Crippen molar-refractivity contribution in [2.45, 2.75) is 69.2 Å². The van der Waals surface area contributed by atoms with Crippen LogP contribution in [0.5, 0.6) is 0 Å². The highest BCUT2D eigenvalue weighted by Crippen LogP contribution is 2.47. The van der Waals surface area contributed by atoms with Gasteiger partial charge in [-0.15, -0.1) is 0 Å². The molecule has 2 heterocycles. The minimum Gasteiger partial charge on any atom is -0.382 e. The number of benzene rings is 1. The van der Waals surface area contributed by atoms with Crippen LogP contribution in [-0.2, 0) is 16.0 Å². The lowest BCUT2D eigenvalue weighted by Crippen LogP contribution is -2.75. The summed E-state index contributed by atoms with van der Waals surface area (Å²) in [5.74, 6) is 0. The first-order chi connectivity index (χ1) is 14.3. The summed E-state index contributed by atoms with van der Waals surface area (Å²) in [6.07, 6.45) is 9.47. The summed E-state index contributed by atoms with van der Waals surface area (Å²) in [6.45, 7) is 5.62. The van der Waals surface area contributed by atoms with Crippen molar-refractivity contribution in [3.63, 3.8) is 0 Å². The maximum atomic E-state index is 9.35. The lowest BCUT2D eigenvalue weighted by molar-refractivity contribution is -0.204. The molecular formula is C24H35N3O2. The molecule has 1 aliphatic carbocycles. The molecule has 2 aliphatic heterocycles. The van der Waals surface area contributed by atoms with Gasteiger partial charge in [-0.3, -0.25) is 9.80 Å². The van der Waals surface area contributed by atoms with Gasteiger partial charge in [0, 0.05) is 31.8 Å². The van der Waals surface area contributed by atoms with Gasteiger partial charge in [0.2, 0.25) is 0 Å². The van der Waals surface area contributed by atoms with Crippen molar-refractivity contribution in [3.8, 4) is 6.07 Å². The van der Waals surface area contributed by atoms with Crippen molar-refractivity contribution in [1.29, 1.82) is 5.26 Å². The van der Waals surface area contributed by atoms with Crippen molar-refractivity contribution in [2.24, 2.45) is 0 Å². The van der Waals surface area contributed by atoms with E-state index in [0.29, 0.717) is 25.4 Å². The molecule has 1 aromatic rings. The van der Waals surface area contributed by atoms with Crippen molar-refractivity contribution >= 4 is 0 Å². The highest BCUT2D eigenvalue weighted by molar-refractivity contribution is 5.37. The van der Waals surface area contributed by atoms with E-state index in [1.165, 1.54) is 44.9 Å². The Morgan fingerprint density at radius 2 is 1.86 bits per heavy atom. The van der Waals surface area contributed by atoms with E-state index in [1.54, 1.807) is 7.11 Å². The fraction of sp³-hybridized carbons (Fsp3) is 0.708. The number of nitriles is 1. The van der Waals surface area contributed by atoms with Crippen LogP contribution < -0.4 is 0 Å². The molecule has 1 spiro atoms. The fourth-order valence-corrected chi connectivity index (χ4v) is 5.77. The van der Waals surface area contributed by atoms with Crippen LogP contribution >= 0.6 is 0 Å². The largest absolute Gasteiger partial charge is 0.382 e. The monoisotopic (exact) mass is 397 g/mol. The lowest BCUT2D eigenvalue weighted by Gasteiger charge is -2.63. The van der Waals surface area contributed by atoms with Crippen molar-refractivity contribution in [2.75, 3.05) is 40.0 Å². The van der Waals surface area contributed by atoms with Crippen LogP contribution in [0.3, 0.4) is 0 Å². The van der Waals surface area contributed by atoms with E-state index < -0.39 is 0 Å². The smallest absolute Gasteiger partial charge is 0.0995 e. The molecule has 0 N–H and O–H groups in total. The van der Waals surface area contributed by atoms with Crippen LogP contribution in [-0.4, -0.2) is 67.4 Å². The maximum Gasteiger partial charge on any atom is 0.0995 e. The van der Waals surface area contributed by atoms with Crippen LogP contribution in [0.15, 0.2) is 24.3 Å². The van der Waals surface area contributed by atoms with E-state index in [-0.39, 0.29) is 5.54 Å². The molecule has 5 heteroatoms. The third-order valence-corrected chi connectivity index (χ3v) is 7.39. The third kappa shape index (κ3) is 4.36. The molecule has 0 amide bonds. The minimum absolute atomic E-state index is 0.284. The molecule has 29 heavy (non-hydrogen) atoms. The van der Waals surface area contributed by atoms with Gasteiger partial charge in [-0.25, -0.2) is 0 Å². The van der Waals surface area contributed by atoms with Crippen molar-refractivity contribution in [1.82, 2.24) is 9.80 Å². The van der Waals surface area contributed by atoms with Gasteiger partial charge in [-0.2, -0.15) is 5.26 Å². The molecular weight excluding hydrogens is 362 g/mol. The average molecular weight is 398 g/mol. The summed E-state index contributed by atoms with van der Waals surface area (Å²) in [7, 11) is 1.75. The molecule has 4 rings (SSSR count). The SMILES string of the molecule is COCCOC1CN(C2CCN(Cc3ccccc3C#N)CC2)C12CCCCC2. The van der Waals surface area contributed by atoms with Gasteiger partial charge in [-0.1, -0.05) is 37.5 Å². The fourth-order valence-electron chi connectivity index (χ4n) is 5.77. The topological polar surface area (TPSA) is 48.7 Å². The highest BCUT2D eigenvalue weighted by Gasteiger charge is 2.56. The van der Waals surface area contributed by atoms with Crippen LogP contribution in [0.1, 0.15) is 56.1 Å². The summed E-state index contributed by atoms with van der Waals surface area (Å²) in [5.41, 5.74) is 2.26. The molecule has 0 radical (unpaired) electrons. The predicted octanol–water partition coefficient (Wildman–Crippen LogP) is 3.57. The molecule has 5 nitrogen and oxygen atoms in total. The first-order valence-corrected chi connectivity index (χ1v) is 11.3. The molecule has 3 fully saturated rings. The zero-order valence-electron chi connectivity index (χ0n) is 17.8. The summed E-state index contributed by atoms with van der Waals surface area (Å²) in [4.78, 5) is 5.33. The zero-order valence-corrected chi connectivity index (χ0v) is 17.8. The minimum atomic E-state index is 0.284. The number of piperidine rings is 1. The van der Waals surface area contributed by atoms with Crippen LogP contribution in [0.25, 0.3) is 0 Å². The molecule has 2 saturated heterocycles. The van der Waals surface area contributed by atoms with Crippen molar-refractivity contribution in [3.05, 3.63) is 35.4 Å². The van der Waals surface area contributed by atoms with Gasteiger partial charge in [0.05, 0.1) is 31.0 Å². The normalized spacial score (nSPS) is 25.6. The number of likely N-dealkylation sites (tertiary alicyclic amines) is 2. The number of hydrogen-bond donors (Lipinski definition) is 0. The standard InChI is InChI=1S/C24H35N3O2/c1-28-15-16-29-23-19-27(24(23)11-5-2-6-12-24)22-9-13-26(14-10-22)18-21-8-4-3-7-20(21)17-25/h3-4,7-8,22-23H,2,5-6,9-16,18-19H2,1H3. The summed E-state index contributed by atoms with van der Waals surface area (Å²) < 4.78 is 11.4. The van der Waals surface area contributed by atoms with E-state index in [4.69, 9.17) is 9.47 Å². The Balaban J connectivity index is 1.33. The van der Waals surface area contributed by atoms with Gasteiger partial charge < -0.3 is 9.47 Å². The Kier molecular flexibility index (Phi) is 6.87. The molecule has 0 bridgehead atoms. The van der Waals surface area contributed by atoms with E-state index in [9.17, 15) is 5.26 Å². The quantitative estimate of drug-likeness (QED) is 0.658. The predicted molar refractivity (Wildman–Crippen MR) is 114 cm³/mol. The lowest BCUT2D eigenvalue weighted by atomic mass is 9.69. The van der Waals surface area contributed by atoms with Crippen LogP contribution in [0.2, 0.25) is 0 Å². The average Bonchev–Trinajstić information content (AvgIpc) is 2.77. The van der Waals surface area contributed by atoms with Crippen molar-refractivity contribution < 1.29 is 9.47 Å².